The van der Waals surface area contributed by atoms with E-state index in [1.165, 1.54) is 23.0 Å². The number of rotatable bonds is 2. The fourth-order valence-corrected chi connectivity index (χ4v) is 1.78. The third kappa shape index (κ3) is 2.14. The van der Waals surface area contributed by atoms with Gasteiger partial charge in [0.25, 0.3) is 0 Å². The Hall–Kier alpha value is -1.88. The summed E-state index contributed by atoms with van der Waals surface area (Å²) in [4.78, 5) is 11.0. The van der Waals surface area contributed by atoms with Gasteiger partial charge in [-0.1, -0.05) is 11.6 Å². The number of aromatic nitrogens is 2. The van der Waals surface area contributed by atoms with Crippen molar-refractivity contribution in [3.05, 3.63) is 40.8 Å². The molecule has 2 rings (SSSR count). The molecule has 0 aliphatic rings. The first kappa shape index (κ1) is 11.6. The zero-order valence-electron chi connectivity index (χ0n) is 8.82. The summed E-state index contributed by atoms with van der Waals surface area (Å²) in [6.07, 6.45) is 1.37. The van der Waals surface area contributed by atoms with E-state index >= 15 is 0 Å². The molecule has 0 aliphatic heterocycles. The summed E-state index contributed by atoms with van der Waals surface area (Å²) in [6, 6.07) is 3.74. The molecule has 0 amide bonds. The normalized spacial score (nSPS) is 10.5. The highest BCUT2D eigenvalue weighted by molar-refractivity contribution is 6.33. The molecule has 0 aliphatic carbocycles. The summed E-state index contributed by atoms with van der Waals surface area (Å²) in [5.74, 6) is -1.58. The van der Waals surface area contributed by atoms with Crippen LogP contribution >= 0.6 is 11.6 Å². The van der Waals surface area contributed by atoms with E-state index in [0.717, 1.165) is 6.07 Å². The van der Waals surface area contributed by atoms with E-state index in [9.17, 15) is 9.18 Å². The van der Waals surface area contributed by atoms with Crippen molar-refractivity contribution in [1.82, 2.24) is 9.78 Å². The second-order valence-corrected chi connectivity index (χ2v) is 3.90. The molecular formula is C11H8ClFN2O2. The average molecular weight is 255 g/mol. The Labute approximate surface area is 101 Å². The van der Waals surface area contributed by atoms with Crippen molar-refractivity contribution >= 4 is 17.6 Å². The SMILES string of the molecule is Cn1cc(C(=O)O)c(-c2ccc(F)cc2Cl)n1. The van der Waals surface area contributed by atoms with Crippen molar-refractivity contribution in [2.24, 2.45) is 7.05 Å². The van der Waals surface area contributed by atoms with Crippen LogP contribution in [0.2, 0.25) is 5.02 Å². The van der Waals surface area contributed by atoms with Gasteiger partial charge in [0.15, 0.2) is 0 Å². The largest absolute Gasteiger partial charge is 0.478 e. The fourth-order valence-electron chi connectivity index (χ4n) is 1.53. The van der Waals surface area contributed by atoms with E-state index in [1.54, 1.807) is 7.05 Å². The van der Waals surface area contributed by atoms with Gasteiger partial charge in [-0.25, -0.2) is 9.18 Å². The molecule has 0 unspecified atom stereocenters. The van der Waals surface area contributed by atoms with Crippen LogP contribution in [-0.2, 0) is 7.05 Å². The second-order valence-electron chi connectivity index (χ2n) is 3.49. The minimum Gasteiger partial charge on any atom is -0.478 e. The molecule has 0 saturated carbocycles. The standard InChI is InChI=1S/C11H8ClFN2O2/c1-15-5-8(11(16)17)10(14-15)7-3-2-6(13)4-9(7)12/h2-5H,1H3,(H,16,17). The van der Waals surface area contributed by atoms with E-state index in [4.69, 9.17) is 16.7 Å². The van der Waals surface area contributed by atoms with E-state index in [1.807, 2.05) is 0 Å². The first-order valence-electron chi connectivity index (χ1n) is 4.71. The summed E-state index contributed by atoms with van der Waals surface area (Å²) in [7, 11) is 1.60. The molecule has 0 fully saturated rings. The van der Waals surface area contributed by atoms with Crippen molar-refractivity contribution in [2.45, 2.75) is 0 Å². The van der Waals surface area contributed by atoms with Crippen LogP contribution in [0.3, 0.4) is 0 Å². The third-order valence-electron chi connectivity index (χ3n) is 2.25. The second kappa shape index (κ2) is 4.18. The molecule has 0 bridgehead atoms. The summed E-state index contributed by atoms with van der Waals surface area (Å²) in [5.41, 5.74) is 0.650. The quantitative estimate of drug-likeness (QED) is 0.896. The Bertz CT molecular complexity index is 595. The highest BCUT2D eigenvalue weighted by atomic mass is 35.5. The zero-order chi connectivity index (χ0) is 12.6. The topological polar surface area (TPSA) is 55.1 Å². The van der Waals surface area contributed by atoms with Crippen LogP contribution in [-0.4, -0.2) is 20.9 Å². The van der Waals surface area contributed by atoms with Crippen LogP contribution in [0.15, 0.2) is 24.4 Å². The maximum Gasteiger partial charge on any atom is 0.339 e. The Morgan fingerprint density at radius 2 is 2.24 bits per heavy atom. The predicted molar refractivity (Wildman–Crippen MR) is 60.6 cm³/mol. The number of hydrogen-bond acceptors (Lipinski definition) is 2. The number of halogens is 2. The van der Waals surface area contributed by atoms with Crippen molar-refractivity contribution in [1.29, 1.82) is 0 Å². The van der Waals surface area contributed by atoms with Crippen molar-refractivity contribution < 1.29 is 14.3 Å². The number of carboxylic acids is 1. The Balaban J connectivity index is 2.63. The lowest BCUT2D eigenvalue weighted by Crippen LogP contribution is -1.97. The molecule has 0 atom stereocenters. The van der Waals surface area contributed by atoms with Gasteiger partial charge in [-0.2, -0.15) is 5.10 Å². The van der Waals surface area contributed by atoms with Gasteiger partial charge in [0.1, 0.15) is 17.1 Å². The lowest BCUT2D eigenvalue weighted by atomic mass is 10.1. The van der Waals surface area contributed by atoms with Crippen molar-refractivity contribution in [3.8, 4) is 11.3 Å². The van der Waals surface area contributed by atoms with Gasteiger partial charge in [-0.3, -0.25) is 4.68 Å². The fraction of sp³-hybridized carbons (Fsp3) is 0.0909. The monoisotopic (exact) mass is 254 g/mol. The Morgan fingerprint density at radius 3 is 2.82 bits per heavy atom. The number of aromatic carboxylic acids is 1. The van der Waals surface area contributed by atoms with E-state index in [0.29, 0.717) is 5.56 Å². The van der Waals surface area contributed by atoms with Gasteiger partial charge in [-0.05, 0) is 18.2 Å². The number of carbonyl (C=O) groups is 1. The summed E-state index contributed by atoms with van der Waals surface area (Å²) in [6.45, 7) is 0. The van der Waals surface area contributed by atoms with Gasteiger partial charge in [0, 0.05) is 18.8 Å². The maximum atomic E-state index is 12.9. The van der Waals surface area contributed by atoms with Crippen LogP contribution in [0.5, 0.6) is 0 Å². The summed E-state index contributed by atoms with van der Waals surface area (Å²) >= 11 is 5.87. The lowest BCUT2D eigenvalue weighted by Gasteiger charge is -2.02. The number of benzene rings is 1. The number of aryl methyl sites for hydroxylation is 1. The maximum absolute atomic E-state index is 12.9. The predicted octanol–water partition coefficient (Wildman–Crippen LogP) is 2.58. The number of nitrogens with zero attached hydrogens (tertiary/aromatic N) is 2. The van der Waals surface area contributed by atoms with Crippen LogP contribution in [0.1, 0.15) is 10.4 Å². The highest BCUT2D eigenvalue weighted by Gasteiger charge is 2.18. The summed E-state index contributed by atoms with van der Waals surface area (Å²) < 4.78 is 14.3. The van der Waals surface area contributed by atoms with Gasteiger partial charge in [0.05, 0.1) is 5.02 Å². The number of carboxylic acid groups (broad SMARTS) is 1. The van der Waals surface area contributed by atoms with Crippen LogP contribution < -0.4 is 0 Å². The van der Waals surface area contributed by atoms with E-state index in [-0.39, 0.29) is 16.3 Å². The van der Waals surface area contributed by atoms with Crippen LogP contribution in [0, 0.1) is 5.82 Å². The Kier molecular flexibility index (Phi) is 2.85. The van der Waals surface area contributed by atoms with Gasteiger partial charge < -0.3 is 5.11 Å². The van der Waals surface area contributed by atoms with E-state index in [2.05, 4.69) is 5.10 Å². The van der Waals surface area contributed by atoms with Gasteiger partial charge in [0.2, 0.25) is 0 Å². The van der Waals surface area contributed by atoms with Crippen LogP contribution in [0.25, 0.3) is 11.3 Å². The molecule has 6 heteroatoms. The average Bonchev–Trinajstić information content (AvgIpc) is 2.60. The number of hydrogen-bond donors (Lipinski definition) is 1. The molecule has 2 aromatic rings. The van der Waals surface area contributed by atoms with Crippen molar-refractivity contribution in [3.63, 3.8) is 0 Å². The molecular weight excluding hydrogens is 247 g/mol. The minimum absolute atomic E-state index is 0.0287. The third-order valence-corrected chi connectivity index (χ3v) is 2.56. The molecule has 0 saturated heterocycles. The van der Waals surface area contributed by atoms with Crippen LogP contribution in [0.4, 0.5) is 4.39 Å². The first-order chi connectivity index (χ1) is 7.99. The molecule has 1 aromatic carbocycles. The molecule has 1 N–H and O–H groups in total. The Morgan fingerprint density at radius 1 is 1.53 bits per heavy atom. The highest BCUT2D eigenvalue weighted by Crippen LogP contribution is 2.29. The zero-order valence-corrected chi connectivity index (χ0v) is 9.57. The van der Waals surface area contributed by atoms with Crippen molar-refractivity contribution in [2.75, 3.05) is 0 Å². The summed E-state index contributed by atoms with van der Waals surface area (Å²) in [5, 5.41) is 13.2. The molecule has 4 nitrogen and oxygen atoms in total. The molecule has 0 spiro atoms. The minimum atomic E-state index is -1.10. The van der Waals surface area contributed by atoms with E-state index < -0.39 is 11.8 Å². The molecule has 0 radical (unpaired) electrons. The smallest absolute Gasteiger partial charge is 0.339 e. The molecule has 1 aromatic heterocycles. The lowest BCUT2D eigenvalue weighted by molar-refractivity contribution is 0.0697. The molecule has 1 heterocycles. The first-order valence-corrected chi connectivity index (χ1v) is 5.09. The molecule has 17 heavy (non-hydrogen) atoms. The van der Waals surface area contributed by atoms with Gasteiger partial charge in [-0.15, -0.1) is 0 Å². The molecule has 88 valence electrons. The van der Waals surface area contributed by atoms with Gasteiger partial charge >= 0.3 is 5.97 Å².